The van der Waals surface area contributed by atoms with Crippen LogP contribution in [0.5, 0.6) is 0 Å². The highest BCUT2D eigenvalue weighted by Gasteiger charge is 2.52. The topological polar surface area (TPSA) is 91.4 Å². The van der Waals surface area contributed by atoms with E-state index in [-0.39, 0.29) is 5.01 Å². The number of rotatable bonds is 4. The molecular formula is C15H17F3N4O3S. The highest BCUT2D eigenvalue weighted by molar-refractivity contribution is 7.09. The lowest BCUT2D eigenvalue weighted by Crippen LogP contribution is -2.45. The Kier molecular flexibility index (Phi) is 4.67. The molecule has 1 spiro atoms. The van der Waals surface area contributed by atoms with Gasteiger partial charge >= 0.3 is 12.2 Å². The van der Waals surface area contributed by atoms with E-state index in [1.807, 2.05) is 0 Å². The second kappa shape index (κ2) is 6.53. The number of hydrogen-bond acceptors (Lipinski definition) is 5. The molecule has 1 unspecified atom stereocenters. The fourth-order valence-electron chi connectivity index (χ4n) is 3.25. The van der Waals surface area contributed by atoms with Crippen LogP contribution in [-0.4, -0.2) is 39.8 Å². The summed E-state index contributed by atoms with van der Waals surface area (Å²) in [6.45, 7) is 1.01. The average molecular weight is 390 g/mol. The number of hydrogen-bond donors (Lipinski definition) is 2. The zero-order chi connectivity index (χ0) is 19.1. The highest BCUT2D eigenvalue weighted by atomic mass is 32.1. The Hall–Kier alpha value is -2.17. The number of amides is 4. The van der Waals surface area contributed by atoms with Gasteiger partial charge < -0.3 is 10.6 Å². The molecule has 2 aliphatic rings. The molecule has 1 saturated carbocycles. The van der Waals surface area contributed by atoms with Gasteiger partial charge in [0, 0.05) is 5.38 Å². The molecule has 1 atom stereocenters. The third-order valence-electron chi connectivity index (χ3n) is 4.57. The molecule has 0 radical (unpaired) electrons. The average Bonchev–Trinajstić information content (AvgIpc) is 3.24. The van der Waals surface area contributed by atoms with Crippen molar-refractivity contribution in [2.75, 3.05) is 6.54 Å². The van der Waals surface area contributed by atoms with Crippen LogP contribution in [0.25, 0.3) is 0 Å². The first kappa shape index (κ1) is 18.6. The molecule has 1 aromatic rings. The Morgan fingerprint density at radius 3 is 2.65 bits per heavy atom. The Morgan fingerprint density at radius 1 is 1.42 bits per heavy atom. The van der Waals surface area contributed by atoms with E-state index < -0.39 is 47.8 Å². The van der Waals surface area contributed by atoms with Crippen LogP contribution in [0.1, 0.15) is 49.4 Å². The molecule has 0 aromatic carbocycles. The van der Waals surface area contributed by atoms with Gasteiger partial charge in [-0.25, -0.2) is 9.78 Å². The lowest BCUT2D eigenvalue weighted by molar-refractivity contribution is -0.140. The number of aromatic nitrogens is 1. The van der Waals surface area contributed by atoms with Crippen LogP contribution in [0.15, 0.2) is 5.38 Å². The van der Waals surface area contributed by atoms with Crippen molar-refractivity contribution in [1.82, 2.24) is 20.5 Å². The molecule has 1 aliphatic carbocycles. The second-order valence-electron chi connectivity index (χ2n) is 6.47. The van der Waals surface area contributed by atoms with Gasteiger partial charge in [0.1, 0.15) is 17.1 Å². The van der Waals surface area contributed by atoms with Crippen molar-refractivity contribution < 1.29 is 27.6 Å². The van der Waals surface area contributed by atoms with E-state index in [0.717, 1.165) is 34.5 Å². The van der Waals surface area contributed by atoms with Crippen LogP contribution in [0, 0.1) is 0 Å². The summed E-state index contributed by atoms with van der Waals surface area (Å²) in [5, 5.41) is 6.10. The minimum Gasteiger partial charge on any atom is -0.346 e. The summed E-state index contributed by atoms with van der Waals surface area (Å²) in [7, 11) is 0. The van der Waals surface area contributed by atoms with Crippen LogP contribution in [0.4, 0.5) is 18.0 Å². The summed E-state index contributed by atoms with van der Waals surface area (Å²) in [5.74, 6) is -1.06. The summed E-state index contributed by atoms with van der Waals surface area (Å²) < 4.78 is 37.8. The molecular weight excluding hydrogens is 373 g/mol. The minimum absolute atomic E-state index is 0.0927. The van der Waals surface area contributed by atoms with Crippen molar-refractivity contribution in [3.63, 3.8) is 0 Å². The van der Waals surface area contributed by atoms with Crippen LogP contribution >= 0.6 is 11.3 Å². The maximum absolute atomic E-state index is 12.6. The molecule has 4 amide bonds. The largest absolute Gasteiger partial charge is 0.434 e. The summed E-state index contributed by atoms with van der Waals surface area (Å²) in [6, 6.07) is -1.39. The van der Waals surface area contributed by atoms with Gasteiger partial charge in [0.2, 0.25) is 5.91 Å². The van der Waals surface area contributed by atoms with Gasteiger partial charge in [0.25, 0.3) is 5.91 Å². The number of nitrogens with zero attached hydrogens (tertiary/aromatic N) is 2. The van der Waals surface area contributed by atoms with Crippen molar-refractivity contribution in [3.8, 4) is 0 Å². The molecule has 142 valence electrons. The number of urea groups is 1. The van der Waals surface area contributed by atoms with Crippen molar-refractivity contribution >= 4 is 29.2 Å². The van der Waals surface area contributed by atoms with E-state index in [4.69, 9.17) is 0 Å². The minimum atomic E-state index is -4.55. The molecule has 0 bridgehead atoms. The van der Waals surface area contributed by atoms with Gasteiger partial charge in [-0.2, -0.15) is 13.2 Å². The SMILES string of the molecule is CC(NC(=O)CN1C(=O)NC2(CCCC2)C1=O)c1nc(C(F)(F)F)cs1. The van der Waals surface area contributed by atoms with Gasteiger partial charge in [-0.3, -0.25) is 14.5 Å². The third kappa shape index (κ3) is 3.39. The molecule has 2 heterocycles. The van der Waals surface area contributed by atoms with E-state index in [0.29, 0.717) is 12.8 Å². The molecule has 1 aromatic heterocycles. The van der Waals surface area contributed by atoms with Crippen LogP contribution in [0.3, 0.4) is 0 Å². The molecule has 2 fully saturated rings. The molecule has 11 heteroatoms. The van der Waals surface area contributed by atoms with E-state index in [2.05, 4.69) is 15.6 Å². The van der Waals surface area contributed by atoms with Crippen LogP contribution < -0.4 is 10.6 Å². The van der Waals surface area contributed by atoms with Crippen molar-refractivity contribution in [2.45, 2.75) is 50.4 Å². The molecule has 26 heavy (non-hydrogen) atoms. The maximum Gasteiger partial charge on any atom is 0.434 e. The van der Waals surface area contributed by atoms with Gasteiger partial charge in [-0.05, 0) is 19.8 Å². The van der Waals surface area contributed by atoms with Crippen molar-refractivity contribution in [3.05, 3.63) is 16.1 Å². The van der Waals surface area contributed by atoms with Crippen molar-refractivity contribution in [2.24, 2.45) is 0 Å². The first-order valence-electron chi connectivity index (χ1n) is 8.08. The predicted molar refractivity (Wildman–Crippen MR) is 85.1 cm³/mol. The monoisotopic (exact) mass is 390 g/mol. The molecule has 1 aliphatic heterocycles. The maximum atomic E-state index is 12.6. The number of nitrogens with one attached hydrogen (secondary N) is 2. The molecule has 3 rings (SSSR count). The van der Waals surface area contributed by atoms with Gasteiger partial charge in [0.15, 0.2) is 5.69 Å². The first-order chi connectivity index (χ1) is 12.1. The Balaban J connectivity index is 1.61. The van der Waals surface area contributed by atoms with E-state index in [9.17, 15) is 27.6 Å². The smallest absolute Gasteiger partial charge is 0.346 e. The standard InChI is InChI=1S/C15H17F3N4O3S/c1-8(11-20-9(7-26-11)15(16,17)18)19-10(23)6-22-12(24)14(21-13(22)25)4-2-3-5-14/h7-8H,2-6H2,1H3,(H,19,23)(H,21,25). The van der Waals surface area contributed by atoms with Crippen molar-refractivity contribution in [1.29, 1.82) is 0 Å². The normalized spacial score (nSPS) is 20.5. The number of halogens is 3. The number of imide groups is 1. The second-order valence-corrected chi connectivity index (χ2v) is 7.36. The van der Waals surface area contributed by atoms with E-state index >= 15 is 0 Å². The summed E-state index contributed by atoms with van der Waals surface area (Å²) in [6.07, 6.45) is -1.80. The van der Waals surface area contributed by atoms with Gasteiger partial charge in [-0.1, -0.05) is 12.8 Å². The lowest BCUT2D eigenvalue weighted by Gasteiger charge is -2.20. The predicted octanol–water partition coefficient (Wildman–Crippen LogP) is 2.20. The highest BCUT2D eigenvalue weighted by Crippen LogP contribution is 2.35. The zero-order valence-electron chi connectivity index (χ0n) is 13.9. The lowest BCUT2D eigenvalue weighted by atomic mass is 9.98. The number of alkyl halides is 3. The number of thiazole rings is 1. The zero-order valence-corrected chi connectivity index (χ0v) is 14.7. The van der Waals surface area contributed by atoms with E-state index in [1.165, 1.54) is 6.92 Å². The number of carbonyl (C=O) groups excluding carboxylic acids is 3. The van der Waals surface area contributed by atoms with E-state index in [1.54, 1.807) is 0 Å². The number of carbonyl (C=O) groups is 3. The van der Waals surface area contributed by atoms with Crippen LogP contribution in [0.2, 0.25) is 0 Å². The van der Waals surface area contributed by atoms with Gasteiger partial charge in [-0.15, -0.1) is 11.3 Å². The Bertz CT molecular complexity index is 743. The van der Waals surface area contributed by atoms with Crippen LogP contribution in [-0.2, 0) is 15.8 Å². The summed E-state index contributed by atoms with van der Waals surface area (Å²) >= 11 is 0.780. The fraction of sp³-hybridized carbons (Fsp3) is 0.600. The Labute approximate surface area is 150 Å². The Morgan fingerprint density at radius 2 is 2.08 bits per heavy atom. The first-order valence-corrected chi connectivity index (χ1v) is 8.96. The molecule has 2 N–H and O–H groups in total. The quantitative estimate of drug-likeness (QED) is 0.771. The van der Waals surface area contributed by atoms with Gasteiger partial charge in [0.05, 0.1) is 6.04 Å². The molecule has 1 saturated heterocycles. The summed E-state index contributed by atoms with van der Waals surface area (Å²) in [4.78, 5) is 41.0. The third-order valence-corrected chi connectivity index (χ3v) is 5.59. The molecule has 7 nitrogen and oxygen atoms in total. The fourth-order valence-corrected chi connectivity index (χ4v) is 4.08. The summed E-state index contributed by atoms with van der Waals surface area (Å²) in [5.41, 5.74) is -1.92.